The van der Waals surface area contributed by atoms with Crippen LogP contribution >= 0.6 is 0 Å². The molecule has 144 valence electrons. The fourth-order valence-electron chi connectivity index (χ4n) is 3.28. The van der Waals surface area contributed by atoms with E-state index in [2.05, 4.69) is 38.5 Å². The van der Waals surface area contributed by atoms with Gasteiger partial charge in [0.25, 0.3) is 0 Å². The van der Waals surface area contributed by atoms with Gasteiger partial charge in [0.2, 0.25) is 5.88 Å². The maximum atomic E-state index is 5.69. The summed E-state index contributed by atoms with van der Waals surface area (Å²) in [7, 11) is 1.83. The van der Waals surface area contributed by atoms with E-state index < -0.39 is 0 Å². The maximum absolute atomic E-state index is 5.69. The molecule has 2 heterocycles. The topological polar surface area (TPSA) is 61.8 Å². The van der Waals surface area contributed by atoms with Gasteiger partial charge >= 0.3 is 0 Å². The van der Waals surface area contributed by atoms with Crippen LogP contribution in [-0.4, -0.2) is 55.2 Å². The number of pyridine rings is 1. The van der Waals surface area contributed by atoms with Gasteiger partial charge in [-0.2, -0.15) is 0 Å². The largest absolute Gasteiger partial charge is 0.477 e. The smallest absolute Gasteiger partial charge is 0.213 e. The van der Waals surface area contributed by atoms with Gasteiger partial charge in [-0.25, -0.2) is 4.98 Å². The second-order valence-electron chi connectivity index (χ2n) is 7.45. The molecular weight excluding hydrogens is 326 g/mol. The van der Waals surface area contributed by atoms with Gasteiger partial charge in [0.15, 0.2) is 5.96 Å². The lowest BCUT2D eigenvalue weighted by Crippen LogP contribution is -2.48. The molecule has 0 amide bonds. The lowest BCUT2D eigenvalue weighted by atomic mass is 10.1. The van der Waals surface area contributed by atoms with Gasteiger partial charge in [-0.3, -0.25) is 4.99 Å². The zero-order chi connectivity index (χ0) is 18.2. The van der Waals surface area contributed by atoms with Crippen LogP contribution in [0.3, 0.4) is 0 Å². The Balaban J connectivity index is 1.38. The minimum absolute atomic E-state index is 0.505. The highest BCUT2D eigenvalue weighted by Crippen LogP contribution is 2.29. The van der Waals surface area contributed by atoms with Crippen LogP contribution in [0.1, 0.15) is 44.6 Å². The molecule has 0 radical (unpaired) electrons. The first-order valence-electron chi connectivity index (χ1n) is 10.0. The number of nitrogens with one attached hydrogen (secondary N) is 2. The summed E-state index contributed by atoms with van der Waals surface area (Å²) in [5.41, 5.74) is 1.13. The molecule has 6 nitrogen and oxygen atoms in total. The summed E-state index contributed by atoms with van der Waals surface area (Å²) in [4.78, 5) is 11.3. The Morgan fingerprint density at radius 2 is 2.08 bits per heavy atom. The second-order valence-corrected chi connectivity index (χ2v) is 7.45. The van der Waals surface area contributed by atoms with Gasteiger partial charge in [-0.05, 0) is 50.1 Å². The van der Waals surface area contributed by atoms with Crippen LogP contribution in [0, 0.1) is 5.92 Å². The van der Waals surface area contributed by atoms with Crippen LogP contribution in [-0.2, 0) is 6.54 Å². The number of likely N-dealkylation sites (tertiary alicyclic amines) is 1. The Kier molecular flexibility index (Phi) is 7.12. The Hall–Kier alpha value is -1.82. The van der Waals surface area contributed by atoms with Crippen molar-refractivity contribution in [3.63, 3.8) is 0 Å². The van der Waals surface area contributed by atoms with Crippen molar-refractivity contribution >= 4 is 5.96 Å². The number of aliphatic imine (C=N–C) groups is 1. The average molecular weight is 360 g/mol. The molecule has 1 aromatic heterocycles. The Morgan fingerprint density at radius 1 is 1.27 bits per heavy atom. The molecule has 0 aromatic carbocycles. The van der Waals surface area contributed by atoms with E-state index in [-0.39, 0.29) is 0 Å². The molecule has 2 N–H and O–H groups in total. The van der Waals surface area contributed by atoms with Gasteiger partial charge in [-0.15, -0.1) is 0 Å². The zero-order valence-corrected chi connectivity index (χ0v) is 16.2. The molecule has 1 saturated heterocycles. The molecule has 1 aliphatic carbocycles. The van der Waals surface area contributed by atoms with Gasteiger partial charge in [0.05, 0.1) is 6.61 Å². The van der Waals surface area contributed by atoms with E-state index in [0.717, 1.165) is 29.9 Å². The first-order chi connectivity index (χ1) is 12.8. The summed E-state index contributed by atoms with van der Waals surface area (Å²) in [6.45, 7) is 7.33. The summed E-state index contributed by atoms with van der Waals surface area (Å²) in [5.74, 6) is 2.34. The summed E-state index contributed by atoms with van der Waals surface area (Å²) >= 11 is 0. The molecule has 2 aliphatic rings. The molecule has 2 fully saturated rings. The number of rotatable bonds is 8. The normalized spacial score (nSPS) is 19.4. The van der Waals surface area contributed by atoms with E-state index in [1.165, 1.54) is 51.7 Å². The number of ether oxygens (including phenoxy) is 1. The molecule has 0 atom stereocenters. The molecule has 1 aromatic rings. The number of nitrogens with zero attached hydrogens (tertiary/aromatic N) is 3. The molecular formula is C20H33N5O. The third kappa shape index (κ3) is 6.16. The Bertz CT molecular complexity index is 562. The summed E-state index contributed by atoms with van der Waals surface area (Å²) in [6.07, 6.45) is 8.06. The molecule has 1 aliphatic heterocycles. The molecule has 0 bridgehead atoms. The Labute approximate surface area is 157 Å². The van der Waals surface area contributed by atoms with Crippen LogP contribution in [0.4, 0.5) is 0 Å². The van der Waals surface area contributed by atoms with E-state index in [1.807, 2.05) is 19.3 Å². The first-order valence-corrected chi connectivity index (χ1v) is 10.0. The van der Waals surface area contributed by atoms with Crippen LogP contribution < -0.4 is 15.4 Å². The van der Waals surface area contributed by atoms with Crippen molar-refractivity contribution in [1.29, 1.82) is 0 Å². The monoisotopic (exact) mass is 359 g/mol. The highest BCUT2D eigenvalue weighted by molar-refractivity contribution is 5.79. The van der Waals surface area contributed by atoms with E-state index in [0.29, 0.717) is 12.6 Å². The van der Waals surface area contributed by atoms with Crippen LogP contribution in [0.15, 0.2) is 23.3 Å². The third-order valence-electron chi connectivity index (χ3n) is 5.11. The first kappa shape index (κ1) is 19.0. The molecule has 6 heteroatoms. The fourth-order valence-corrected chi connectivity index (χ4v) is 3.28. The minimum Gasteiger partial charge on any atom is -0.477 e. The van der Waals surface area contributed by atoms with E-state index >= 15 is 0 Å². The summed E-state index contributed by atoms with van der Waals surface area (Å²) in [6, 6.07) is 4.53. The van der Waals surface area contributed by atoms with Crippen molar-refractivity contribution in [2.75, 3.05) is 33.3 Å². The van der Waals surface area contributed by atoms with Gasteiger partial charge in [0.1, 0.15) is 0 Å². The third-order valence-corrected chi connectivity index (χ3v) is 5.11. The SMILES string of the molecule is CCCN1CCC(NC(=NC)NCc2ccc(OCC3CC3)nc2)CC1. The lowest BCUT2D eigenvalue weighted by molar-refractivity contribution is 0.206. The van der Waals surface area contributed by atoms with E-state index in [4.69, 9.17) is 4.74 Å². The average Bonchev–Trinajstić information content (AvgIpc) is 3.50. The predicted octanol–water partition coefficient (Wildman–Crippen LogP) is 2.41. The van der Waals surface area contributed by atoms with Gasteiger partial charge in [0, 0.05) is 45.0 Å². The van der Waals surface area contributed by atoms with E-state index in [9.17, 15) is 0 Å². The van der Waals surface area contributed by atoms with E-state index in [1.54, 1.807) is 0 Å². The molecule has 1 saturated carbocycles. The number of piperidine rings is 1. The van der Waals surface area contributed by atoms with Crippen molar-refractivity contribution in [3.05, 3.63) is 23.9 Å². The number of aromatic nitrogens is 1. The maximum Gasteiger partial charge on any atom is 0.213 e. The van der Waals surface area contributed by atoms with Crippen LogP contribution in [0.5, 0.6) is 5.88 Å². The number of hydrogen-bond acceptors (Lipinski definition) is 4. The molecule has 3 rings (SSSR count). The van der Waals surface area contributed by atoms with Crippen molar-refractivity contribution in [2.24, 2.45) is 10.9 Å². The highest BCUT2D eigenvalue weighted by atomic mass is 16.5. The standard InChI is InChI=1S/C20H33N5O/c1-3-10-25-11-8-18(9-12-25)24-20(21-2)23-14-17-6-7-19(22-13-17)26-15-16-4-5-16/h6-7,13,16,18H,3-5,8-12,14-15H2,1-2H3,(H2,21,23,24). The van der Waals surface area contributed by atoms with Crippen molar-refractivity contribution < 1.29 is 4.74 Å². The summed E-state index contributed by atoms with van der Waals surface area (Å²) < 4.78 is 5.69. The lowest BCUT2D eigenvalue weighted by Gasteiger charge is -2.32. The zero-order valence-electron chi connectivity index (χ0n) is 16.2. The molecule has 0 unspecified atom stereocenters. The molecule has 26 heavy (non-hydrogen) atoms. The van der Waals surface area contributed by atoms with Crippen LogP contribution in [0.25, 0.3) is 0 Å². The van der Waals surface area contributed by atoms with Crippen molar-refractivity contribution in [3.8, 4) is 5.88 Å². The van der Waals surface area contributed by atoms with Gasteiger partial charge < -0.3 is 20.3 Å². The minimum atomic E-state index is 0.505. The Morgan fingerprint density at radius 3 is 2.69 bits per heavy atom. The fraction of sp³-hybridized carbons (Fsp3) is 0.700. The number of hydrogen-bond donors (Lipinski definition) is 2. The quantitative estimate of drug-likeness (QED) is 0.551. The summed E-state index contributed by atoms with van der Waals surface area (Å²) in [5, 5.41) is 6.95. The van der Waals surface area contributed by atoms with Gasteiger partial charge in [-0.1, -0.05) is 13.0 Å². The number of guanidine groups is 1. The molecule has 0 spiro atoms. The predicted molar refractivity (Wildman–Crippen MR) is 106 cm³/mol. The van der Waals surface area contributed by atoms with Crippen molar-refractivity contribution in [1.82, 2.24) is 20.5 Å². The highest BCUT2D eigenvalue weighted by Gasteiger charge is 2.22. The van der Waals surface area contributed by atoms with Crippen molar-refractivity contribution in [2.45, 2.75) is 51.6 Å². The second kappa shape index (κ2) is 9.76. The van der Waals surface area contributed by atoms with Crippen LogP contribution in [0.2, 0.25) is 0 Å².